The van der Waals surface area contributed by atoms with Gasteiger partial charge in [0.25, 0.3) is 0 Å². The van der Waals surface area contributed by atoms with Gasteiger partial charge >= 0.3 is 17.9 Å². The number of ether oxygens (including phenoxy) is 3. The van der Waals surface area contributed by atoms with Crippen molar-refractivity contribution < 1.29 is 28.6 Å². The average molecular weight is 771 g/mol. The summed E-state index contributed by atoms with van der Waals surface area (Å²) in [5.41, 5.74) is 2.56. The second kappa shape index (κ2) is 29.2. The van der Waals surface area contributed by atoms with E-state index in [0.717, 1.165) is 51.4 Å². The standard InChI is InChI=1S/C49H86O6/c1-7-8-9-10-11-12-13-14-15-16-17-18-19-20-21-22-23-24-25-26-27-31-46(51)54-39-36-41(2)34-37-48(5)42(3)35-38-49(43(4)29-28-30-44(48)49)40-55-47(52)33-32-45(50)53-6/h29,36,42,44H,7-28,30-35,37-40H2,1-6H3/b41-36+/t42-,44-,48+,49-/m1/s1. The predicted octanol–water partition coefficient (Wildman–Crippen LogP) is 14.1. The van der Waals surface area contributed by atoms with Gasteiger partial charge in [-0.3, -0.25) is 14.4 Å². The van der Waals surface area contributed by atoms with Crippen molar-refractivity contribution in [3.8, 4) is 0 Å². The number of hydrogen-bond acceptors (Lipinski definition) is 6. The van der Waals surface area contributed by atoms with Gasteiger partial charge in [-0.2, -0.15) is 0 Å². The zero-order chi connectivity index (χ0) is 40.2. The number of carbonyl (C=O) groups excluding carboxylic acids is 3. The quantitative estimate of drug-likeness (QED) is 0.0293. The molecule has 1 saturated carbocycles. The smallest absolute Gasteiger partial charge is 0.306 e. The van der Waals surface area contributed by atoms with E-state index in [0.29, 0.717) is 31.5 Å². The number of allylic oxidation sites excluding steroid dienone is 2. The van der Waals surface area contributed by atoms with Crippen molar-refractivity contribution in [1.82, 2.24) is 0 Å². The van der Waals surface area contributed by atoms with Crippen LogP contribution in [0.25, 0.3) is 0 Å². The molecular weight excluding hydrogens is 685 g/mol. The Morgan fingerprint density at radius 1 is 0.691 bits per heavy atom. The van der Waals surface area contributed by atoms with E-state index >= 15 is 0 Å². The number of unbranched alkanes of at least 4 members (excludes halogenated alkanes) is 20. The molecule has 0 radical (unpaired) electrons. The van der Waals surface area contributed by atoms with Crippen molar-refractivity contribution in [2.24, 2.45) is 22.7 Å². The number of fused-ring (bicyclic) bond motifs is 1. The maximum absolute atomic E-state index is 12.6. The lowest BCUT2D eigenvalue weighted by Crippen LogP contribution is -2.53. The lowest BCUT2D eigenvalue weighted by Gasteiger charge is -2.59. The third-order valence-corrected chi connectivity index (χ3v) is 13.8. The first-order valence-electron chi connectivity index (χ1n) is 23.3. The van der Waals surface area contributed by atoms with E-state index in [1.165, 1.54) is 140 Å². The second-order valence-electron chi connectivity index (χ2n) is 17.9. The summed E-state index contributed by atoms with van der Waals surface area (Å²) < 4.78 is 16.2. The normalized spacial score (nSPS) is 22.5. The van der Waals surface area contributed by atoms with Crippen molar-refractivity contribution in [2.45, 2.75) is 227 Å². The van der Waals surface area contributed by atoms with E-state index in [1.807, 2.05) is 0 Å². The molecule has 0 amide bonds. The fraction of sp³-hybridized carbons (Fsp3) is 0.857. The zero-order valence-electron chi connectivity index (χ0n) is 36.9. The van der Waals surface area contributed by atoms with Crippen LogP contribution in [0.4, 0.5) is 0 Å². The van der Waals surface area contributed by atoms with Crippen LogP contribution in [0.1, 0.15) is 227 Å². The molecule has 2 rings (SSSR count). The lowest BCUT2D eigenvalue weighted by molar-refractivity contribution is -0.156. The maximum atomic E-state index is 12.6. The van der Waals surface area contributed by atoms with Crippen LogP contribution >= 0.6 is 0 Å². The molecule has 0 aromatic rings. The van der Waals surface area contributed by atoms with Gasteiger partial charge < -0.3 is 14.2 Å². The Morgan fingerprint density at radius 2 is 1.18 bits per heavy atom. The summed E-state index contributed by atoms with van der Waals surface area (Å²) in [6.45, 7) is 12.2. The lowest BCUT2D eigenvalue weighted by atomic mass is 9.46. The SMILES string of the molecule is CCCCCCCCCCCCCCCCCCCCCCCC(=O)OC/C=C(\C)CC[C@@]1(C)[C@H](C)CC[C@@]2(COC(=O)CCC(=O)OC)C(C)=CCC[C@@H]21. The number of rotatable bonds is 32. The Kier molecular flexibility index (Phi) is 26.0. The van der Waals surface area contributed by atoms with E-state index in [4.69, 9.17) is 14.2 Å². The second-order valence-corrected chi connectivity index (χ2v) is 17.9. The summed E-state index contributed by atoms with van der Waals surface area (Å²) in [5, 5.41) is 0. The Labute approximate surface area is 339 Å². The van der Waals surface area contributed by atoms with Crippen LogP contribution in [-0.4, -0.2) is 38.2 Å². The minimum Gasteiger partial charge on any atom is -0.469 e. The molecule has 1 fully saturated rings. The fourth-order valence-electron chi connectivity index (χ4n) is 9.61. The molecular formula is C49H86O6. The predicted molar refractivity (Wildman–Crippen MR) is 229 cm³/mol. The molecule has 0 aliphatic heterocycles. The van der Waals surface area contributed by atoms with Gasteiger partial charge in [0.2, 0.25) is 0 Å². The van der Waals surface area contributed by atoms with Crippen LogP contribution in [0.2, 0.25) is 0 Å². The van der Waals surface area contributed by atoms with Crippen molar-refractivity contribution >= 4 is 17.9 Å². The third kappa shape index (κ3) is 19.3. The van der Waals surface area contributed by atoms with Gasteiger partial charge in [-0.15, -0.1) is 0 Å². The van der Waals surface area contributed by atoms with E-state index in [2.05, 4.69) is 46.8 Å². The third-order valence-electron chi connectivity index (χ3n) is 13.8. The molecule has 6 heteroatoms. The highest BCUT2D eigenvalue weighted by Gasteiger charge is 2.55. The molecule has 55 heavy (non-hydrogen) atoms. The number of hydrogen-bond donors (Lipinski definition) is 0. The first-order chi connectivity index (χ1) is 26.6. The van der Waals surface area contributed by atoms with Crippen molar-refractivity contribution in [3.63, 3.8) is 0 Å². The maximum Gasteiger partial charge on any atom is 0.306 e. The first-order valence-corrected chi connectivity index (χ1v) is 23.3. The molecule has 0 aromatic heterocycles. The largest absolute Gasteiger partial charge is 0.469 e. The molecule has 0 N–H and O–H groups in total. The van der Waals surface area contributed by atoms with Crippen LogP contribution in [0.5, 0.6) is 0 Å². The molecule has 2 aliphatic carbocycles. The summed E-state index contributed by atoms with van der Waals surface area (Å²) >= 11 is 0. The molecule has 0 spiro atoms. The first kappa shape index (κ1) is 49.0. The average Bonchev–Trinajstić information content (AvgIpc) is 3.18. The summed E-state index contributed by atoms with van der Waals surface area (Å²) in [6.07, 6.45) is 39.9. The van der Waals surface area contributed by atoms with E-state index in [-0.39, 0.29) is 41.6 Å². The monoisotopic (exact) mass is 771 g/mol. The molecule has 318 valence electrons. The van der Waals surface area contributed by atoms with Gasteiger partial charge in [-0.05, 0) is 82.1 Å². The van der Waals surface area contributed by atoms with Gasteiger partial charge in [0, 0.05) is 11.8 Å². The Morgan fingerprint density at radius 3 is 1.71 bits per heavy atom. The van der Waals surface area contributed by atoms with Gasteiger partial charge in [0.15, 0.2) is 0 Å². The number of methoxy groups -OCH3 is 1. The molecule has 6 nitrogen and oxygen atoms in total. The Hall–Kier alpha value is -2.11. The van der Waals surface area contributed by atoms with E-state index in [9.17, 15) is 14.4 Å². The Balaban J connectivity index is 1.54. The van der Waals surface area contributed by atoms with Gasteiger partial charge in [0.05, 0.1) is 20.0 Å². The van der Waals surface area contributed by atoms with Crippen LogP contribution in [0.15, 0.2) is 23.3 Å². The molecule has 0 bridgehead atoms. The topological polar surface area (TPSA) is 78.9 Å². The van der Waals surface area contributed by atoms with Crippen molar-refractivity contribution in [2.75, 3.05) is 20.3 Å². The summed E-state index contributed by atoms with van der Waals surface area (Å²) in [7, 11) is 1.34. The fourth-order valence-corrected chi connectivity index (χ4v) is 9.61. The van der Waals surface area contributed by atoms with Crippen LogP contribution in [0, 0.1) is 22.7 Å². The van der Waals surface area contributed by atoms with Crippen molar-refractivity contribution in [1.29, 1.82) is 0 Å². The summed E-state index contributed by atoms with van der Waals surface area (Å²) in [4.78, 5) is 36.6. The van der Waals surface area contributed by atoms with Crippen LogP contribution in [-0.2, 0) is 28.6 Å². The minimum absolute atomic E-state index is 0.0515. The molecule has 0 heterocycles. The van der Waals surface area contributed by atoms with E-state index < -0.39 is 0 Å². The van der Waals surface area contributed by atoms with Gasteiger partial charge in [0.1, 0.15) is 13.2 Å². The zero-order valence-corrected chi connectivity index (χ0v) is 36.9. The molecule has 0 saturated heterocycles. The highest BCUT2D eigenvalue weighted by molar-refractivity contribution is 5.77. The van der Waals surface area contributed by atoms with Gasteiger partial charge in [-0.25, -0.2) is 0 Å². The molecule has 2 aliphatic rings. The highest BCUT2D eigenvalue weighted by Crippen LogP contribution is 2.62. The van der Waals surface area contributed by atoms with Gasteiger partial charge in [-0.1, -0.05) is 166 Å². The molecule has 0 aromatic carbocycles. The van der Waals surface area contributed by atoms with E-state index in [1.54, 1.807) is 0 Å². The van der Waals surface area contributed by atoms with Crippen molar-refractivity contribution in [3.05, 3.63) is 23.3 Å². The molecule has 0 unspecified atom stereocenters. The number of esters is 3. The number of carbonyl (C=O) groups is 3. The van der Waals surface area contributed by atoms with Crippen LogP contribution in [0.3, 0.4) is 0 Å². The summed E-state index contributed by atoms with van der Waals surface area (Å²) in [5.74, 6) is 0.185. The highest BCUT2D eigenvalue weighted by atomic mass is 16.5. The summed E-state index contributed by atoms with van der Waals surface area (Å²) in [6, 6.07) is 0. The minimum atomic E-state index is -0.389. The Bertz CT molecular complexity index is 1120. The molecule has 4 atom stereocenters. The van der Waals surface area contributed by atoms with Crippen LogP contribution < -0.4 is 0 Å².